The highest BCUT2D eigenvalue weighted by atomic mass is 16.5. The van der Waals surface area contributed by atoms with Crippen molar-refractivity contribution in [3.8, 4) is 0 Å². The van der Waals surface area contributed by atoms with Gasteiger partial charge in [0.25, 0.3) is 5.91 Å². The molecular formula is C23H18N2O7. The molecule has 32 heavy (non-hydrogen) atoms. The first kappa shape index (κ1) is 20.9. The molecule has 9 heteroatoms. The minimum atomic E-state index is -0.829. The molecule has 0 bridgehead atoms. The minimum Gasteiger partial charge on any atom is -0.460 e. The molecule has 1 amide bonds. The summed E-state index contributed by atoms with van der Waals surface area (Å²) < 4.78 is 15.6. The van der Waals surface area contributed by atoms with Gasteiger partial charge in [-0.05, 0) is 25.1 Å². The van der Waals surface area contributed by atoms with E-state index in [0.29, 0.717) is 21.9 Å². The topological polar surface area (TPSA) is 128 Å². The van der Waals surface area contributed by atoms with Gasteiger partial charge in [0.05, 0.1) is 12.2 Å². The lowest BCUT2D eigenvalue weighted by atomic mass is 10.1. The van der Waals surface area contributed by atoms with Crippen LogP contribution in [0.15, 0.2) is 63.8 Å². The average Bonchev–Trinajstić information content (AvgIpc) is 3.15. The van der Waals surface area contributed by atoms with Crippen LogP contribution in [0, 0.1) is 0 Å². The van der Waals surface area contributed by atoms with E-state index in [1.807, 2.05) is 0 Å². The third kappa shape index (κ3) is 4.08. The van der Waals surface area contributed by atoms with E-state index in [2.05, 4.69) is 10.3 Å². The molecule has 0 saturated heterocycles. The molecule has 162 valence electrons. The molecule has 2 aromatic carbocycles. The highest BCUT2D eigenvalue weighted by Gasteiger charge is 2.24. The van der Waals surface area contributed by atoms with Crippen molar-refractivity contribution in [2.75, 3.05) is 18.5 Å². The van der Waals surface area contributed by atoms with Gasteiger partial charge in [-0.1, -0.05) is 30.3 Å². The number of ether oxygens (including phenoxy) is 2. The van der Waals surface area contributed by atoms with E-state index in [1.165, 1.54) is 0 Å². The summed E-state index contributed by atoms with van der Waals surface area (Å²) in [7, 11) is 0. The first-order valence-corrected chi connectivity index (χ1v) is 9.75. The Hall–Kier alpha value is -4.40. The van der Waals surface area contributed by atoms with Crippen LogP contribution in [0.3, 0.4) is 0 Å². The molecule has 4 aromatic rings. The van der Waals surface area contributed by atoms with Crippen LogP contribution in [0.25, 0.3) is 21.9 Å². The van der Waals surface area contributed by atoms with Crippen molar-refractivity contribution in [3.63, 3.8) is 0 Å². The van der Waals surface area contributed by atoms with Gasteiger partial charge in [0.1, 0.15) is 11.3 Å². The van der Waals surface area contributed by atoms with E-state index in [4.69, 9.17) is 13.9 Å². The number of carbonyl (C=O) groups excluding carboxylic acids is 3. The lowest BCUT2D eigenvalue weighted by Crippen LogP contribution is -2.22. The van der Waals surface area contributed by atoms with Crippen molar-refractivity contribution in [1.29, 1.82) is 0 Å². The first-order valence-electron chi connectivity index (χ1n) is 9.75. The molecule has 0 aliphatic heterocycles. The third-order valence-corrected chi connectivity index (χ3v) is 4.63. The Kier molecular flexibility index (Phi) is 5.71. The van der Waals surface area contributed by atoms with Crippen LogP contribution >= 0.6 is 0 Å². The highest BCUT2D eigenvalue weighted by Crippen LogP contribution is 2.31. The Bertz CT molecular complexity index is 1400. The molecule has 0 atom stereocenters. The van der Waals surface area contributed by atoms with Crippen molar-refractivity contribution < 1.29 is 28.3 Å². The summed E-state index contributed by atoms with van der Waals surface area (Å²) in [5.74, 6) is -2.41. The fraction of sp³-hybridized carbons (Fsp3) is 0.130. The van der Waals surface area contributed by atoms with Gasteiger partial charge in [0.2, 0.25) is 11.3 Å². The van der Waals surface area contributed by atoms with Gasteiger partial charge in [0.15, 0.2) is 6.61 Å². The summed E-state index contributed by atoms with van der Waals surface area (Å²) in [6.07, 6.45) is 0. The number of carbonyl (C=O) groups is 3. The molecule has 0 unspecified atom stereocenters. The number of pyridine rings is 1. The second-order valence-electron chi connectivity index (χ2n) is 6.74. The number of hydrogen-bond donors (Lipinski definition) is 2. The fourth-order valence-electron chi connectivity index (χ4n) is 3.27. The van der Waals surface area contributed by atoms with E-state index in [9.17, 15) is 19.2 Å². The van der Waals surface area contributed by atoms with Crippen molar-refractivity contribution in [2.45, 2.75) is 6.92 Å². The van der Waals surface area contributed by atoms with Crippen LogP contribution in [-0.4, -0.2) is 36.0 Å². The number of fused-ring (bicyclic) bond motifs is 2. The Labute approximate surface area is 180 Å². The highest BCUT2D eigenvalue weighted by molar-refractivity contribution is 6.10. The van der Waals surface area contributed by atoms with Crippen molar-refractivity contribution in [2.24, 2.45) is 0 Å². The molecule has 2 heterocycles. The van der Waals surface area contributed by atoms with E-state index < -0.39 is 30.0 Å². The number of esters is 2. The zero-order chi connectivity index (χ0) is 22.7. The van der Waals surface area contributed by atoms with Crippen LogP contribution < -0.4 is 10.9 Å². The monoisotopic (exact) mass is 434 g/mol. The molecule has 9 nitrogen and oxygen atoms in total. The zero-order valence-corrected chi connectivity index (χ0v) is 17.0. The number of aromatic amines is 1. The maximum absolute atomic E-state index is 12.5. The van der Waals surface area contributed by atoms with E-state index in [0.717, 1.165) is 6.07 Å². The van der Waals surface area contributed by atoms with Gasteiger partial charge < -0.3 is 24.2 Å². The van der Waals surface area contributed by atoms with E-state index in [1.54, 1.807) is 55.5 Å². The molecule has 0 spiro atoms. The molecule has 0 saturated carbocycles. The Morgan fingerprint density at radius 1 is 0.969 bits per heavy atom. The number of nitrogens with one attached hydrogen (secondary N) is 2. The van der Waals surface area contributed by atoms with Gasteiger partial charge in [0, 0.05) is 22.4 Å². The van der Waals surface area contributed by atoms with Gasteiger partial charge >= 0.3 is 11.9 Å². The number of furan rings is 1. The van der Waals surface area contributed by atoms with Crippen molar-refractivity contribution in [3.05, 3.63) is 76.3 Å². The molecular weight excluding hydrogens is 416 g/mol. The SMILES string of the molecule is CCOC(=O)c1oc2ccccc2c1NC(=O)COC(=O)c1cc(=O)[nH]c2ccccc12. The van der Waals surface area contributed by atoms with Gasteiger partial charge in [-0.3, -0.25) is 9.59 Å². The number of para-hydroxylation sites is 2. The van der Waals surface area contributed by atoms with E-state index >= 15 is 0 Å². The van der Waals surface area contributed by atoms with Crippen molar-refractivity contribution in [1.82, 2.24) is 4.98 Å². The first-order chi connectivity index (χ1) is 15.5. The average molecular weight is 434 g/mol. The number of benzene rings is 2. The second-order valence-corrected chi connectivity index (χ2v) is 6.74. The summed E-state index contributed by atoms with van der Waals surface area (Å²) in [6.45, 7) is 1.14. The predicted molar refractivity (Wildman–Crippen MR) is 116 cm³/mol. The Balaban J connectivity index is 1.53. The van der Waals surface area contributed by atoms with Crippen LogP contribution in [0.5, 0.6) is 0 Å². The second kappa shape index (κ2) is 8.76. The van der Waals surface area contributed by atoms with E-state index in [-0.39, 0.29) is 23.6 Å². The molecule has 0 aliphatic carbocycles. The van der Waals surface area contributed by atoms with Crippen LogP contribution in [-0.2, 0) is 14.3 Å². The molecule has 4 rings (SSSR count). The fourth-order valence-corrected chi connectivity index (χ4v) is 3.27. The van der Waals surface area contributed by atoms with Gasteiger partial charge in [-0.15, -0.1) is 0 Å². The molecule has 0 aliphatic rings. The molecule has 2 N–H and O–H groups in total. The Morgan fingerprint density at radius 3 is 2.47 bits per heavy atom. The van der Waals surface area contributed by atoms with Crippen molar-refractivity contribution >= 4 is 45.4 Å². The van der Waals surface area contributed by atoms with Crippen LogP contribution in [0.1, 0.15) is 27.8 Å². The number of H-pyrrole nitrogens is 1. The molecule has 2 aromatic heterocycles. The summed E-state index contributed by atoms with van der Waals surface area (Å²) in [5.41, 5.74) is 0.557. The van der Waals surface area contributed by atoms with Crippen LogP contribution in [0.2, 0.25) is 0 Å². The van der Waals surface area contributed by atoms with Gasteiger partial charge in [-0.2, -0.15) is 0 Å². The predicted octanol–water partition coefficient (Wildman–Crippen LogP) is 3.25. The summed E-state index contributed by atoms with van der Waals surface area (Å²) in [5, 5.41) is 3.53. The largest absolute Gasteiger partial charge is 0.460 e. The summed E-state index contributed by atoms with van der Waals surface area (Å²) >= 11 is 0. The number of hydrogen-bond acceptors (Lipinski definition) is 7. The summed E-state index contributed by atoms with van der Waals surface area (Å²) in [6, 6.07) is 14.6. The number of anilines is 1. The standard InChI is InChI=1S/C23H18N2O7/c1-2-30-23(29)21-20(14-8-4-6-10-17(14)32-21)25-19(27)12-31-22(28)15-11-18(26)24-16-9-5-3-7-13(15)16/h3-11H,2,12H2,1H3,(H,24,26)(H,25,27). The lowest BCUT2D eigenvalue weighted by molar-refractivity contribution is -0.119. The smallest absolute Gasteiger partial charge is 0.376 e. The number of rotatable bonds is 6. The number of aromatic nitrogens is 1. The molecule has 0 fully saturated rings. The lowest BCUT2D eigenvalue weighted by Gasteiger charge is -2.08. The quantitative estimate of drug-likeness (QED) is 0.446. The van der Waals surface area contributed by atoms with Crippen LogP contribution in [0.4, 0.5) is 5.69 Å². The maximum Gasteiger partial charge on any atom is 0.376 e. The maximum atomic E-state index is 12.5. The minimum absolute atomic E-state index is 0.0399. The molecule has 0 radical (unpaired) electrons. The normalized spacial score (nSPS) is 10.8. The number of amides is 1. The zero-order valence-electron chi connectivity index (χ0n) is 17.0. The Morgan fingerprint density at radius 2 is 1.69 bits per heavy atom. The van der Waals surface area contributed by atoms with Gasteiger partial charge in [-0.25, -0.2) is 9.59 Å². The summed E-state index contributed by atoms with van der Waals surface area (Å²) in [4.78, 5) is 51.8. The third-order valence-electron chi connectivity index (χ3n) is 4.63.